The Hall–Kier alpha value is -5.23. The van der Waals surface area contributed by atoms with Gasteiger partial charge in [-0.05, 0) is 141 Å². The number of hydrogen-bond acceptors (Lipinski definition) is 6. The first-order valence-corrected chi connectivity index (χ1v) is 30.6. The molecule has 1 unspecified atom stereocenters. The molecule has 0 aliphatic carbocycles. The topological polar surface area (TPSA) is 78.9 Å². The van der Waals surface area contributed by atoms with Gasteiger partial charge in [-0.25, -0.2) is 0 Å². The number of carbonyl (C=O) groups is 3. The van der Waals surface area contributed by atoms with Crippen LogP contribution in [0.2, 0.25) is 0 Å². The van der Waals surface area contributed by atoms with Crippen molar-refractivity contribution in [2.24, 2.45) is 0 Å². The minimum Gasteiger partial charge on any atom is -0.462 e. The summed E-state index contributed by atoms with van der Waals surface area (Å²) in [6.07, 6.45) is 93.5. The van der Waals surface area contributed by atoms with Gasteiger partial charge in [0.2, 0.25) is 0 Å². The molecule has 0 amide bonds. The van der Waals surface area contributed by atoms with Crippen LogP contribution in [0, 0.1) is 0 Å². The van der Waals surface area contributed by atoms with Crippen molar-refractivity contribution in [1.82, 2.24) is 0 Å². The van der Waals surface area contributed by atoms with Crippen molar-refractivity contribution < 1.29 is 28.6 Å². The fourth-order valence-electron chi connectivity index (χ4n) is 7.73. The van der Waals surface area contributed by atoms with Crippen LogP contribution in [0.3, 0.4) is 0 Å². The van der Waals surface area contributed by atoms with Gasteiger partial charge in [0.05, 0.1) is 0 Å². The van der Waals surface area contributed by atoms with Crippen molar-refractivity contribution in [2.75, 3.05) is 13.2 Å². The first-order chi connectivity index (χ1) is 38.0. The van der Waals surface area contributed by atoms with Crippen LogP contribution in [0.5, 0.6) is 0 Å². The van der Waals surface area contributed by atoms with E-state index in [4.69, 9.17) is 14.2 Å². The summed E-state index contributed by atoms with van der Waals surface area (Å²) < 4.78 is 16.8. The lowest BCUT2D eigenvalue weighted by Gasteiger charge is -2.18. The van der Waals surface area contributed by atoms with E-state index in [1.165, 1.54) is 32.1 Å². The van der Waals surface area contributed by atoms with Gasteiger partial charge in [-0.1, -0.05) is 249 Å². The normalized spacial score (nSPS) is 13.3. The Balaban J connectivity index is 4.55. The van der Waals surface area contributed by atoms with Crippen LogP contribution in [0.4, 0.5) is 0 Å². The highest BCUT2D eigenvalue weighted by Gasteiger charge is 2.19. The van der Waals surface area contributed by atoms with Crippen LogP contribution in [-0.4, -0.2) is 37.2 Å². The van der Waals surface area contributed by atoms with Gasteiger partial charge in [-0.15, -0.1) is 0 Å². The van der Waals surface area contributed by atoms with Crippen LogP contribution in [-0.2, 0) is 28.6 Å². The second-order valence-corrected chi connectivity index (χ2v) is 19.5. The largest absolute Gasteiger partial charge is 0.462 e. The van der Waals surface area contributed by atoms with Gasteiger partial charge in [0.15, 0.2) is 6.10 Å². The van der Waals surface area contributed by atoms with Crippen molar-refractivity contribution in [3.05, 3.63) is 170 Å². The average Bonchev–Trinajstić information content (AvgIpc) is 3.43. The van der Waals surface area contributed by atoms with E-state index in [1.807, 2.05) is 0 Å². The first-order valence-electron chi connectivity index (χ1n) is 30.6. The van der Waals surface area contributed by atoms with E-state index in [0.29, 0.717) is 19.3 Å². The highest BCUT2D eigenvalue weighted by atomic mass is 16.6. The fraction of sp³-hybridized carbons (Fsp3) is 0.563. The van der Waals surface area contributed by atoms with Gasteiger partial charge in [0.25, 0.3) is 0 Å². The molecule has 0 rings (SSSR count). The number of esters is 3. The summed E-state index contributed by atoms with van der Waals surface area (Å²) in [5.41, 5.74) is 0. The molecule has 430 valence electrons. The van der Waals surface area contributed by atoms with E-state index in [9.17, 15) is 14.4 Å². The van der Waals surface area contributed by atoms with E-state index in [0.717, 1.165) is 161 Å². The zero-order chi connectivity index (χ0) is 55.7. The van der Waals surface area contributed by atoms with Gasteiger partial charge in [0.1, 0.15) is 13.2 Å². The molecule has 0 saturated heterocycles. The lowest BCUT2D eigenvalue weighted by atomic mass is 10.1. The van der Waals surface area contributed by atoms with Gasteiger partial charge in [-0.3, -0.25) is 14.4 Å². The molecule has 0 N–H and O–H groups in total. The molecule has 0 aliphatic heterocycles. The van der Waals surface area contributed by atoms with Crippen LogP contribution in [0.25, 0.3) is 0 Å². The quantitative estimate of drug-likeness (QED) is 0.0261. The molecular weight excluding hydrogens is 949 g/mol. The van der Waals surface area contributed by atoms with Crippen molar-refractivity contribution in [3.8, 4) is 0 Å². The summed E-state index contributed by atoms with van der Waals surface area (Å²) in [6, 6.07) is 0. The summed E-state index contributed by atoms with van der Waals surface area (Å²) in [5, 5.41) is 0. The minimum atomic E-state index is -0.825. The standard InChI is InChI=1S/C71H110O6/c1-4-7-10-13-16-19-22-25-28-31-33-35-37-40-43-46-49-52-55-58-61-64-70(73)76-67-68(66-75-69(72)63-60-57-54-51-48-45-42-39-30-27-24-21-18-15-12-9-6-3)77-71(74)65-62-59-56-53-50-47-44-41-38-36-34-32-29-26-23-20-17-14-11-8-5-2/h7-12,16-21,25-30,33-36,40,42-43,45,51,54,68H,4-6,13-15,22-24,31-32,37-39,41,44,46-50,52-53,55-67H2,1-3H3/b10-7-,11-8-,12-9-,19-16-,20-17-,21-18-,28-25-,29-26-,30-27-,35-33-,36-34-,43-40-,45-42-,54-51-. The van der Waals surface area contributed by atoms with E-state index < -0.39 is 6.10 Å². The second kappa shape index (κ2) is 63.3. The zero-order valence-electron chi connectivity index (χ0n) is 49.1. The lowest BCUT2D eigenvalue weighted by molar-refractivity contribution is -0.167. The molecule has 0 fully saturated rings. The lowest BCUT2D eigenvalue weighted by Crippen LogP contribution is -2.30. The molecule has 0 heterocycles. The molecule has 0 radical (unpaired) electrons. The molecule has 0 spiro atoms. The predicted molar refractivity (Wildman–Crippen MR) is 334 cm³/mol. The predicted octanol–water partition coefficient (Wildman–Crippen LogP) is 21.1. The molecule has 0 aliphatic rings. The summed E-state index contributed by atoms with van der Waals surface area (Å²) >= 11 is 0. The SMILES string of the molecule is CC/C=C\C/C=C\C/C=C\C/C=C\C/C=C\CCCCCCCC(=O)OCC(COC(=O)CCC/C=C\C/C=C\C/C=C\C/C=C\C/C=C\CC)OC(=O)CCCCCCCCCC/C=C\C/C=C\C/C=C\C/C=C\CC. The van der Waals surface area contributed by atoms with E-state index >= 15 is 0 Å². The molecule has 0 bridgehead atoms. The second-order valence-electron chi connectivity index (χ2n) is 19.5. The molecular formula is C71H110O6. The maximum absolute atomic E-state index is 12.9. The summed E-state index contributed by atoms with van der Waals surface area (Å²) in [4.78, 5) is 38.3. The minimum absolute atomic E-state index is 0.118. The van der Waals surface area contributed by atoms with Crippen molar-refractivity contribution in [3.63, 3.8) is 0 Å². The van der Waals surface area contributed by atoms with Gasteiger partial charge < -0.3 is 14.2 Å². The monoisotopic (exact) mass is 1060 g/mol. The third kappa shape index (κ3) is 61.5. The highest BCUT2D eigenvalue weighted by Crippen LogP contribution is 2.14. The van der Waals surface area contributed by atoms with Gasteiger partial charge in [0, 0.05) is 19.3 Å². The number of allylic oxidation sites excluding steroid dienone is 28. The van der Waals surface area contributed by atoms with Crippen LogP contribution in [0.1, 0.15) is 239 Å². The van der Waals surface area contributed by atoms with Crippen LogP contribution in [0.15, 0.2) is 170 Å². The molecule has 0 aromatic carbocycles. The van der Waals surface area contributed by atoms with Crippen molar-refractivity contribution >= 4 is 17.9 Å². The Labute approximate surface area is 472 Å². The van der Waals surface area contributed by atoms with E-state index in [2.05, 4.69) is 191 Å². The summed E-state index contributed by atoms with van der Waals surface area (Å²) in [6.45, 7) is 6.22. The third-order valence-corrected chi connectivity index (χ3v) is 12.2. The summed E-state index contributed by atoms with van der Waals surface area (Å²) in [7, 11) is 0. The molecule has 0 aromatic heterocycles. The molecule has 0 saturated carbocycles. The Kier molecular flexibility index (Phi) is 59.0. The number of rotatable bonds is 53. The first kappa shape index (κ1) is 71.8. The Morgan fingerprint density at radius 2 is 0.481 bits per heavy atom. The zero-order valence-corrected chi connectivity index (χ0v) is 49.1. The molecule has 6 nitrogen and oxygen atoms in total. The van der Waals surface area contributed by atoms with E-state index in [1.54, 1.807) is 0 Å². The smallest absolute Gasteiger partial charge is 0.306 e. The Morgan fingerprint density at radius 1 is 0.260 bits per heavy atom. The Morgan fingerprint density at radius 3 is 0.779 bits per heavy atom. The van der Waals surface area contributed by atoms with Crippen LogP contribution >= 0.6 is 0 Å². The fourth-order valence-corrected chi connectivity index (χ4v) is 7.73. The molecule has 6 heteroatoms. The van der Waals surface area contributed by atoms with Gasteiger partial charge in [-0.2, -0.15) is 0 Å². The average molecular weight is 1060 g/mol. The third-order valence-electron chi connectivity index (χ3n) is 12.2. The number of unbranched alkanes of at least 4 members (excludes halogenated alkanes) is 14. The Bertz CT molecular complexity index is 1790. The number of hydrogen-bond donors (Lipinski definition) is 0. The number of ether oxygens (including phenoxy) is 3. The molecule has 1 atom stereocenters. The maximum atomic E-state index is 12.9. The maximum Gasteiger partial charge on any atom is 0.306 e. The van der Waals surface area contributed by atoms with Gasteiger partial charge >= 0.3 is 17.9 Å². The van der Waals surface area contributed by atoms with Crippen molar-refractivity contribution in [2.45, 2.75) is 245 Å². The molecule has 77 heavy (non-hydrogen) atoms. The van der Waals surface area contributed by atoms with E-state index in [-0.39, 0.29) is 37.5 Å². The summed E-state index contributed by atoms with van der Waals surface area (Å²) in [5.74, 6) is -1.01. The van der Waals surface area contributed by atoms with Crippen molar-refractivity contribution in [1.29, 1.82) is 0 Å². The van der Waals surface area contributed by atoms with Crippen LogP contribution < -0.4 is 0 Å². The number of carbonyl (C=O) groups excluding carboxylic acids is 3. The molecule has 0 aromatic rings. The highest BCUT2D eigenvalue weighted by molar-refractivity contribution is 5.71.